The van der Waals surface area contributed by atoms with Crippen LogP contribution in [0.2, 0.25) is 0 Å². The van der Waals surface area contributed by atoms with Crippen LogP contribution in [0.25, 0.3) is 21.5 Å². The zero-order chi connectivity index (χ0) is 22.7. The van der Waals surface area contributed by atoms with E-state index in [0.29, 0.717) is 0 Å². The number of hydrogen-bond donors (Lipinski definition) is 0. The van der Waals surface area contributed by atoms with Crippen LogP contribution in [0.15, 0.2) is 133 Å². The topological polar surface area (TPSA) is 0 Å². The Bertz CT molecular complexity index is 1020. The second-order valence-electron chi connectivity index (χ2n) is 6.48. The first kappa shape index (κ1) is 25.2. The van der Waals surface area contributed by atoms with Crippen LogP contribution < -0.4 is 0 Å². The molecule has 0 nitrogen and oxygen atoms in total. The van der Waals surface area contributed by atoms with Crippen molar-refractivity contribution in [3.05, 3.63) is 152 Å². The summed E-state index contributed by atoms with van der Waals surface area (Å²) in [6.07, 6.45) is 10.0. The van der Waals surface area contributed by atoms with Gasteiger partial charge in [0, 0.05) is 0 Å². The molecule has 0 aromatic heterocycles. The zero-order valence-corrected chi connectivity index (χ0v) is 20.6. The van der Waals surface area contributed by atoms with Gasteiger partial charge in [0.15, 0.2) is 0 Å². The molecule has 1 heteroatoms. The van der Waals surface area contributed by atoms with Gasteiger partial charge in [0.25, 0.3) is 0 Å². The summed E-state index contributed by atoms with van der Waals surface area (Å²) in [5.41, 5.74) is 0. The summed E-state index contributed by atoms with van der Waals surface area (Å²) in [6, 6.07) is 44.3. The molecule has 0 amide bonds. The predicted molar refractivity (Wildman–Crippen MR) is 136 cm³/mol. The van der Waals surface area contributed by atoms with E-state index in [0.717, 1.165) is 6.42 Å². The van der Waals surface area contributed by atoms with Gasteiger partial charge in [0.05, 0.1) is 0 Å². The van der Waals surface area contributed by atoms with E-state index in [9.17, 15) is 0 Å². The SMILES string of the molecule is [C-]1=CC=CC1.[CH2]=[Zr].[c-]1ccccc1.[c-]1ccccc1.c1ccc2c(c1)[cH-]c1ccccc12. The normalized spacial score (nSPS) is 10.3. The van der Waals surface area contributed by atoms with Gasteiger partial charge in [-0.2, -0.15) is 78.9 Å². The van der Waals surface area contributed by atoms with Crippen molar-refractivity contribution in [2.24, 2.45) is 0 Å². The summed E-state index contributed by atoms with van der Waals surface area (Å²) in [6.45, 7) is 0. The van der Waals surface area contributed by atoms with Gasteiger partial charge in [-0.1, -0.05) is 36.4 Å². The smallest absolute Gasteiger partial charge is 0.0771 e. The molecule has 0 saturated heterocycles. The number of benzene rings is 4. The summed E-state index contributed by atoms with van der Waals surface area (Å²) < 4.78 is 3.34. The minimum Gasteiger partial charge on any atom is -0.184 e. The first-order chi connectivity index (χ1) is 15.9. The van der Waals surface area contributed by atoms with Crippen molar-refractivity contribution in [3.63, 3.8) is 0 Å². The Labute approximate surface area is 207 Å². The van der Waals surface area contributed by atoms with Crippen LogP contribution in [-0.2, 0) is 24.2 Å². The molecule has 32 heavy (non-hydrogen) atoms. The second-order valence-corrected chi connectivity index (χ2v) is 6.48. The van der Waals surface area contributed by atoms with Crippen molar-refractivity contribution < 1.29 is 24.2 Å². The van der Waals surface area contributed by atoms with Crippen LogP contribution in [-0.4, -0.2) is 4.21 Å². The van der Waals surface area contributed by atoms with E-state index in [-0.39, 0.29) is 0 Å². The third-order valence-corrected chi connectivity index (χ3v) is 4.32. The van der Waals surface area contributed by atoms with Crippen molar-refractivity contribution in [3.8, 4) is 0 Å². The van der Waals surface area contributed by atoms with Crippen LogP contribution in [0, 0.1) is 18.2 Å². The fraction of sp³-hybridized carbons (Fsp3) is 0.0323. The van der Waals surface area contributed by atoms with Crippen LogP contribution >= 0.6 is 0 Å². The molecule has 0 radical (unpaired) electrons. The van der Waals surface area contributed by atoms with Gasteiger partial charge in [-0.05, 0) is 0 Å². The molecular weight excluding hydrogens is 464 g/mol. The summed E-state index contributed by atoms with van der Waals surface area (Å²) in [5.74, 6) is 0. The summed E-state index contributed by atoms with van der Waals surface area (Å²) >= 11 is 1.30. The molecular formula is C31H26Zr-4. The van der Waals surface area contributed by atoms with E-state index in [1.807, 2.05) is 72.8 Å². The van der Waals surface area contributed by atoms with E-state index in [4.69, 9.17) is 0 Å². The third kappa shape index (κ3) is 9.42. The average molecular weight is 490 g/mol. The predicted octanol–water partition coefficient (Wildman–Crippen LogP) is 7.96. The van der Waals surface area contributed by atoms with Crippen LogP contribution in [0.4, 0.5) is 0 Å². The van der Waals surface area contributed by atoms with E-state index < -0.39 is 0 Å². The van der Waals surface area contributed by atoms with Crippen molar-refractivity contribution >= 4 is 25.8 Å². The summed E-state index contributed by atoms with van der Waals surface area (Å²) in [5, 5.41) is 5.39. The first-order valence-electron chi connectivity index (χ1n) is 10.4. The number of rotatable bonds is 0. The Balaban J connectivity index is 0.000000162. The molecule has 0 saturated carbocycles. The van der Waals surface area contributed by atoms with Gasteiger partial charge >= 0.3 is 28.4 Å². The maximum atomic E-state index is 3.34. The largest absolute Gasteiger partial charge is 0.184 e. The molecule has 1 aliphatic rings. The standard InChI is InChI=1S/C13H9.2C6H5.C5H5.CH2.Zr/c1-3-7-12-10(5-1)9-11-6-2-4-8-13(11)12;2*1-2-4-6-5-3-1;1-2-4-5-3-1;;/h1-9H;2*1-5H;1-3H,4H2;1H2;/q4*-1;;. The van der Waals surface area contributed by atoms with Gasteiger partial charge in [0.1, 0.15) is 0 Å². The quantitative estimate of drug-likeness (QED) is 0.194. The third-order valence-electron chi connectivity index (χ3n) is 4.32. The molecule has 0 N–H and O–H groups in total. The molecule has 0 atom stereocenters. The minimum atomic E-state index is 1.01. The molecule has 0 bridgehead atoms. The van der Waals surface area contributed by atoms with E-state index in [1.54, 1.807) is 0 Å². The van der Waals surface area contributed by atoms with Crippen molar-refractivity contribution in [2.75, 3.05) is 0 Å². The van der Waals surface area contributed by atoms with E-state index in [2.05, 4.69) is 83.1 Å². The van der Waals surface area contributed by atoms with E-state index >= 15 is 0 Å². The van der Waals surface area contributed by atoms with Crippen molar-refractivity contribution in [2.45, 2.75) is 6.42 Å². The average Bonchev–Trinajstić information content (AvgIpc) is 3.60. The molecule has 0 heterocycles. The molecule has 158 valence electrons. The molecule has 5 aromatic carbocycles. The van der Waals surface area contributed by atoms with Crippen LogP contribution in [0.1, 0.15) is 6.42 Å². The maximum Gasteiger partial charge on any atom is -0.0771 e. The fourth-order valence-corrected chi connectivity index (χ4v) is 2.93. The van der Waals surface area contributed by atoms with Gasteiger partial charge in [-0.3, -0.25) is 6.08 Å². The Morgan fingerprint density at radius 2 is 1.09 bits per heavy atom. The Morgan fingerprint density at radius 3 is 1.38 bits per heavy atom. The monoisotopic (exact) mass is 488 g/mol. The van der Waals surface area contributed by atoms with Crippen LogP contribution in [0.5, 0.6) is 0 Å². The fourth-order valence-electron chi connectivity index (χ4n) is 2.93. The molecule has 0 aliphatic heterocycles. The second kappa shape index (κ2) is 16.6. The van der Waals surface area contributed by atoms with Crippen LogP contribution in [0.3, 0.4) is 0 Å². The minimum absolute atomic E-state index is 1.01. The van der Waals surface area contributed by atoms with Gasteiger partial charge in [-0.25, -0.2) is 12.2 Å². The Morgan fingerprint density at radius 1 is 0.625 bits per heavy atom. The Hall–Kier alpha value is -3.02. The van der Waals surface area contributed by atoms with Crippen molar-refractivity contribution in [1.82, 2.24) is 0 Å². The summed E-state index contributed by atoms with van der Waals surface area (Å²) in [7, 11) is 0. The van der Waals surface area contributed by atoms with Gasteiger partial charge < -0.3 is 0 Å². The molecule has 0 unspecified atom stereocenters. The van der Waals surface area contributed by atoms with Gasteiger partial charge in [-0.15, -0.1) is 46.2 Å². The maximum absolute atomic E-state index is 3.34. The van der Waals surface area contributed by atoms with Crippen molar-refractivity contribution in [1.29, 1.82) is 0 Å². The summed E-state index contributed by atoms with van der Waals surface area (Å²) in [4.78, 5) is 0. The first-order valence-corrected chi connectivity index (χ1v) is 12.1. The molecule has 0 spiro atoms. The number of fused-ring (bicyclic) bond motifs is 3. The van der Waals surface area contributed by atoms with Gasteiger partial charge in [0.2, 0.25) is 0 Å². The molecule has 1 aliphatic carbocycles. The van der Waals surface area contributed by atoms with E-state index in [1.165, 1.54) is 45.8 Å². The number of allylic oxidation sites excluding steroid dienone is 4. The molecule has 6 rings (SSSR count). The molecule has 0 fully saturated rings. The zero-order valence-electron chi connectivity index (χ0n) is 18.1. The number of hydrogen-bond acceptors (Lipinski definition) is 0. The Kier molecular flexibility index (Phi) is 13.1. The molecule has 5 aromatic rings.